The number of benzene rings is 1. The number of esters is 1. The molecule has 1 aromatic heterocycles. The number of aromatic nitrogens is 3. The standard InChI is InChI=1S/C16H17ClN4O2S/c1-4-23-14(22)12-9(2)18-15-19-16(24-3)20-21(15)13(12)10-7-5-6-8-11(10)17/h5-8,13H,4H2,1-3H3,(H,18,19,20)/t13-/m1/s1. The zero-order chi connectivity index (χ0) is 17.3. The number of nitrogens with one attached hydrogen (secondary N) is 1. The molecule has 24 heavy (non-hydrogen) atoms. The molecule has 0 amide bonds. The summed E-state index contributed by atoms with van der Waals surface area (Å²) in [4.78, 5) is 17.0. The van der Waals surface area contributed by atoms with Crippen LogP contribution in [0, 0.1) is 0 Å². The summed E-state index contributed by atoms with van der Waals surface area (Å²) in [6, 6.07) is 6.93. The van der Waals surface area contributed by atoms with E-state index in [1.807, 2.05) is 31.4 Å². The number of hydrogen-bond donors (Lipinski definition) is 1. The number of carbonyl (C=O) groups excluding carboxylic acids is 1. The highest BCUT2D eigenvalue weighted by molar-refractivity contribution is 7.98. The van der Waals surface area contributed by atoms with Gasteiger partial charge in [-0.05, 0) is 26.2 Å². The SMILES string of the molecule is CCOC(=O)C1=C(C)Nc2nc(SC)nn2[C@@H]1c1ccccc1Cl. The molecule has 2 heterocycles. The van der Waals surface area contributed by atoms with Crippen LogP contribution in [-0.4, -0.2) is 33.6 Å². The van der Waals surface area contributed by atoms with E-state index in [9.17, 15) is 4.79 Å². The molecule has 0 saturated heterocycles. The van der Waals surface area contributed by atoms with E-state index in [2.05, 4.69) is 15.4 Å². The van der Waals surface area contributed by atoms with Gasteiger partial charge in [-0.3, -0.25) is 0 Å². The molecule has 0 unspecified atom stereocenters. The molecule has 1 aliphatic rings. The third-order valence-corrected chi connectivity index (χ3v) is 4.59. The van der Waals surface area contributed by atoms with Gasteiger partial charge in [-0.1, -0.05) is 41.6 Å². The second-order valence-electron chi connectivity index (χ2n) is 5.17. The predicted molar refractivity (Wildman–Crippen MR) is 94.3 cm³/mol. The number of nitrogens with zero attached hydrogens (tertiary/aromatic N) is 3. The summed E-state index contributed by atoms with van der Waals surface area (Å²) < 4.78 is 6.93. The van der Waals surface area contributed by atoms with E-state index in [4.69, 9.17) is 16.3 Å². The van der Waals surface area contributed by atoms with Gasteiger partial charge in [0.1, 0.15) is 6.04 Å². The Morgan fingerprint density at radius 3 is 2.88 bits per heavy atom. The third-order valence-electron chi connectivity index (χ3n) is 3.71. The number of rotatable bonds is 4. The van der Waals surface area contributed by atoms with Crippen molar-refractivity contribution in [2.24, 2.45) is 0 Å². The molecule has 1 atom stereocenters. The summed E-state index contributed by atoms with van der Waals surface area (Å²) in [5.74, 6) is 0.189. The van der Waals surface area contributed by atoms with E-state index in [-0.39, 0.29) is 5.97 Å². The molecular weight excluding hydrogens is 348 g/mol. The van der Waals surface area contributed by atoms with E-state index < -0.39 is 6.04 Å². The minimum absolute atomic E-state index is 0.297. The first-order chi connectivity index (χ1) is 11.6. The molecule has 0 radical (unpaired) electrons. The minimum atomic E-state index is -0.484. The fourth-order valence-electron chi connectivity index (χ4n) is 2.68. The Bertz CT molecular complexity index is 818. The van der Waals surface area contributed by atoms with Crippen LogP contribution >= 0.6 is 23.4 Å². The van der Waals surface area contributed by atoms with Gasteiger partial charge in [0, 0.05) is 16.3 Å². The van der Waals surface area contributed by atoms with Gasteiger partial charge in [-0.2, -0.15) is 4.98 Å². The van der Waals surface area contributed by atoms with Crippen LogP contribution in [0.3, 0.4) is 0 Å². The smallest absolute Gasteiger partial charge is 0.338 e. The quantitative estimate of drug-likeness (QED) is 0.661. The first kappa shape index (κ1) is 16.9. The van der Waals surface area contributed by atoms with Gasteiger partial charge < -0.3 is 10.1 Å². The van der Waals surface area contributed by atoms with Gasteiger partial charge in [-0.25, -0.2) is 9.48 Å². The summed E-state index contributed by atoms with van der Waals surface area (Å²) >= 11 is 7.83. The van der Waals surface area contributed by atoms with Crippen LogP contribution in [0.5, 0.6) is 0 Å². The van der Waals surface area contributed by atoms with Crippen LogP contribution in [0.25, 0.3) is 0 Å². The van der Waals surface area contributed by atoms with Crippen LogP contribution in [0.1, 0.15) is 25.5 Å². The van der Waals surface area contributed by atoms with Gasteiger partial charge in [0.2, 0.25) is 11.1 Å². The fourth-order valence-corrected chi connectivity index (χ4v) is 3.26. The molecule has 6 nitrogen and oxygen atoms in total. The van der Waals surface area contributed by atoms with E-state index >= 15 is 0 Å². The van der Waals surface area contributed by atoms with Gasteiger partial charge in [-0.15, -0.1) is 5.10 Å². The Balaban J connectivity index is 2.20. The number of thioether (sulfide) groups is 1. The molecule has 0 fully saturated rings. The largest absolute Gasteiger partial charge is 0.463 e. The molecule has 0 bridgehead atoms. The molecule has 126 valence electrons. The van der Waals surface area contributed by atoms with E-state index in [1.165, 1.54) is 11.8 Å². The summed E-state index contributed by atoms with van der Waals surface area (Å²) in [6.45, 7) is 3.90. The maximum Gasteiger partial charge on any atom is 0.338 e. The lowest BCUT2D eigenvalue weighted by Gasteiger charge is -2.28. The van der Waals surface area contributed by atoms with Crippen molar-refractivity contribution in [2.75, 3.05) is 18.2 Å². The van der Waals surface area contributed by atoms with Crippen molar-refractivity contribution in [3.05, 3.63) is 46.1 Å². The molecule has 0 spiro atoms. The fraction of sp³-hybridized carbons (Fsp3) is 0.312. The number of hydrogen-bond acceptors (Lipinski definition) is 6. The first-order valence-electron chi connectivity index (χ1n) is 7.46. The number of ether oxygens (including phenoxy) is 1. The van der Waals surface area contributed by atoms with Crippen LogP contribution in [0.15, 0.2) is 40.7 Å². The average Bonchev–Trinajstić information content (AvgIpc) is 2.97. The number of fused-ring (bicyclic) bond motifs is 1. The second kappa shape index (κ2) is 6.86. The lowest BCUT2D eigenvalue weighted by molar-refractivity contribution is -0.139. The maximum absolute atomic E-state index is 12.6. The topological polar surface area (TPSA) is 69.0 Å². The van der Waals surface area contributed by atoms with Crippen LogP contribution < -0.4 is 5.32 Å². The Kier molecular flexibility index (Phi) is 4.82. The molecule has 0 aliphatic carbocycles. The Morgan fingerprint density at radius 1 is 1.46 bits per heavy atom. The molecular formula is C16H17ClN4O2S. The molecule has 2 aromatic rings. The van der Waals surface area contributed by atoms with Crippen molar-refractivity contribution < 1.29 is 9.53 Å². The maximum atomic E-state index is 12.6. The molecule has 1 N–H and O–H groups in total. The van der Waals surface area contributed by atoms with Gasteiger partial charge in [0.05, 0.1) is 12.2 Å². The highest BCUT2D eigenvalue weighted by Gasteiger charge is 2.36. The zero-order valence-corrected chi connectivity index (χ0v) is 15.1. The average molecular weight is 365 g/mol. The van der Waals surface area contributed by atoms with Gasteiger partial charge in [0.15, 0.2) is 0 Å². The Hall–Kier alpha value is -1.99. The third kappa shape index (κ3) is 2.89. The Morgan fingerprint density at radius 2 is 2.21 bits per heavy atom. The number of anilines is 1. The zero-order valence-electron chi connectivity index (χ0n) is 13.5. The minimum Gasteiger partial charge on any atom is -0.463 e. The molecule has 1 aromatic carbocycles. The van der Waals surface area contributed by atoms with E-state index in [0.29, 0.717) is 34.0 Å². The number of allylic oxidation sites excluding steroid dienone is 1. The van der Waals surface area contributed by atoms with Crippen molar-refractivity contribution in [3.8, 4) is 0 Å². The predicted octanol–water partition coefficient (Wildman–Crippen LogP) is 3.51. The van der Waals surface area contributed by atoms with E-state index in [1.54, 1.807) is 17.7 Å². The lowest BCUT2D eigenvalue weighted by Crippen LogP contribution is -2.29. The van der Waals surface area contributed by atoms with Gasteiger partial charge in [0.25, 0.3) is 0 Å². The van der Waals surface area contributed by atoms with Crippen molar-refractivity contribution in [1.29, 1.82) is 0 Å². The molecule has 3 rings (SSSR count). The Labute approximate surface area is 149 Å². The molecule has 0 saturated carbocycles. The monoisotopic (exact) mass is 364 g/mol. The first-order valence-corrected chi connectivity index (χ1v) is 9.07. The molecule has 8 heteroatoms. The summed E-state index contributed by atoms with van der Waals surface area (Å²) in [7, 11) is 0. The van der Waals surface area contributed by atoms with Gasteiger partial charge >= 0.3 is 5.97 Å². The number of carbonyl (C=O) groups is 1. The van der Waals surface area contributed by atoms with E-state index in [0.717, 1.165) is 5.56 Å². The lowest BCUT2D eigenvalue weighted by atomic mass is 9.96. The van der Waals surface area contributed by atoms with Crippen molar-refractivity contribution >= 4 is 35.3 Å². The normalized spacial score (nSPS) is 16.6. The second-order valence-corrected chi connectivity index (χ2v) is 6.36. The van der Waals surface area contributed by atoms with Crippen LogP contribution in [-0.2, 0) is 9.53 Å². The summed E-state index contributed by atoms with van der Waals surface area (Å²) in [6.07, 6.45) is 1.90. The van der Waals surface area contributed by atoms with Crippen LogP contribution in [0.2, 0.25) is 5.02 Å². The summed E-state index contributed by atoms with van der Waals surface area (Å²) in [5.41, 5.74) is 1.95. The van der Waals surface area contributed by atoms with Crippen molar-refractivity contribution in [3.63, 3.8) is 0 Å². The summed E-state index contributed by atoms with van der Waals surface area (Å²) in [5, 5.41) is 8.81. The highest BCUT2D eigenvalue weighted by atomic mass is 35.5. The van der Waals surface area contributed by atoms with Crippen molar-refractivity contribution in [1.82, 2.24) is 14.8 Å². The number of halogens is 1. The molecule has 1 aliphatic heterocycles. The highest BCUT2D eigenvalue weighted by Crippen LogP contribution is 2.38. The van der Waals surface area contributed by atoms with Crippen LogP contribution in [0.4, 0.5) is 5.95 Å². The van der Waals surface area contributed by atoms with Crippen molar-refractivity contribution in [2.45, 2.75) is 25.0 Å².